The van der Waals surface area contributed by atoms with Crippen molar-refractivity contribution < 1.29 is 28.5 Å². The minimum Gasteiger partial charge on any atom is -0.497 e. The molecule has 10 heteroatoms. The number of carbonyl (C=O) groups is 1. The van der Waals surface area contributed by atoms with Gasteiger partial charge in [-0.05, 0) is 48.2 Å². The molecule has 1 N–H and O–H groups in total. The Morgan fingerprint density at radius 3 is 2.25 bits per heavy atom. The highest BCUT2D eigenvalue weighted by atomic mass is 16.5. The summed E-state index contributed by atoms with van der Waals surface area (Å²) in [5, 5.41) is 7.77. The fraction of sp³-hybridized carbons (Fsp3) is 0.346. The molecule has 0 spiro atoms. The van der Waals surface area contributed by atoms with Crippen LogP contribution in [-0.2, 0) is 4.79 Å². The van der Waals surface area contributed by atoms with Gasteiger partial charge in [0.05, 0.1) is 35.5 Å². The Morgan fingerprint density at radius 1 is 0.889 bits per heavy atom. The highest BCUT2D eigenvalue weighted by Crippen LogP contribution is 2.48. The van der Waals surface area contributed by atoms with E-state index in [4.69, 9.17) is 23.7 Å². The van der Waals surface area contributed by atoms with Crippen molar-refractivity contribution in [1.82, 2.24) is 14.8 Å². The van der Waals surface area contributed by atoms with Crippen LogP contribution in [0.4, 0.5) is 5.95 Å². The molecule has 0 saturated heterocycles. The summed E-state index contributed by atoms with van der Waals surface area (Å²) in [6, 6.07) is 8.83. The third kappa shape index (κ3) is 3.78. The summed E-state index contributed by atoms with van der Waals surface area (Å²) in [7, 11) is 7.93. The second-order valence-electron chi connectivity index (χ2n) is 8.54. The van der Waals surface area contributed by atoms with Crippen LogP contribution < -0.4 is 29.0 Å². The number of aromatic nitrogens is 3. The topological polar surface area (TPSA) is 106 Å². The van der Waals surface area contributed by atoms with Gasteiger partial charge in [-0.25, -0.2) is 4.68 Å². The van der Waals surface area contributed by atoms with E-state index in [0.29, 0.717) is 53.1 Å². The van der Waals surface area contributed by atoms with E-state index in [-0.39, 0.29) is 11.7 Å². The molecule has 1 aliphatic heterocycles. The van der Waals surface area contributed by atoms with Gasteiger partial charge in [-0.3, -0.25) is 4.79 Å². The molecule has 3 aromatic rings. The Bertz CT molecular complexity index is 1320. The van der Waals surface area contributed by atoms with Crippen molar-refractivity contribution in [1.29, 1.82) is 0 Å². The van der Waals surface area contributed by atoms with Crippen LogP contribution in [0, 0.1) is 0 Å². The Labute approximate surface area is 208 Å². The zero-order valence-corrected chi connectivity index (χ0v) is 20.8. The Morgan fingerprint density at radius 2 is 1.61 bits per heavy atom. The molecule has 2 atom stereocenters. The van der Waals surface area contributed by atoms with Crippen LogP contribution in [0.25, 0.3) is 0 Å². The summed E-state index contributed by atoms with van der Waals surface area (Å²) < 4.78 is 29.4. The SMILES string of the molecule is COc1ccc(OC)c([C@@H]2C3=C(C[C@H](c4cc(OC)c(OC)c(OC)c4)CC3=O)Nc3ncnn32)c1. The molecule has 36 heavy (non-hydrogen) atoms. The minimum atomic E-state index is -0.503. The Hall–Kier alpha value is -4.21. The lowest BCUT2D eigenvalue weighted by Gasteiger charge is -2.35. The molecule has 1 aliphatic carbocycles. The summed E-state index contributed by atoms with van der Waals surface area (Å²) >= 11 is 0. The van der Waals surface area contributed by atoms with Crippen molar-refractivity contribution in [3.05, 3.63) is 59.1 Å². The number of ether oxygens (including phenoxy) is 5. The Balaban J connectivity index is 1.61. The van der Waals surface area contributed by atoms with Crippen molar-refractivity contribution in [2.24, 2.45) is 0 Å². The number of fused-ring (bicyclic) bond motifs is 1. The maximum atomic E-state index is 13.8. The second-order valence-corrected chi connectivity index (χ2v) is 8.54. The monoisotopic (exact) mass is 492 g/mol. The number of ketones is 1. The number of carbonyl (C=O) groups excluding carboxylic acids is 1. The predicted octanol–water partition coefficient (Wildman–Crippen LogP) is 3.74. The molecule has 0 saturated carbocycles. The Kier molecular flexibility index (Phi) is 6.17. The first-order valence-electron chi connectivity index (χ1n) is 11.5. The molecule has 0 bridgehead atoms. The van der Waals surface area contributed by atoms with Crippen LogP contribution in [0.15, 0.2) is 47.9 Å². The number of hydrogen-bond acceptors (Lipinski definition) is 9. The first-order valence-corrected chi connectivity index (χ1v) is 11.5. The van der Waals surface area contributed by atoms with E-state index in [9.17, 15) is 4.79 Å². The zero-order valence-electron chi connectivity index (χ0n) is 20.8. The van der Waals surface area contributed by atoms with Gasteiger partial charge in [-0.1, -0.05) is 0 Å². The van der Waals surface area contributed by atoms with Gasteiger partial charge in [0.2, 0.25) is 11.7 Å². The van der Waals surface area contributed by atoms with Crippen molar-refractivity contribution in [3.63, 3.8) is 0 Å². The minimum absolute atomic E-state index is 0.0125. The molecule has 2 aliphatic rings. The highest BCUT2D eigenvalue weighted by Gasteiger charge is 2.40. The first kappa shape index (κ1) is 23.5. The summed E-state index contributed by atoms with van der Waals surface area (Å²) in [4.78, 5) is 18.2. The van der Waals surface area contributed by atoms with Gasteiger partial charge in [-0.15, -0.1) is 0 Å². The third-order valence-corrected chi connectivity index (χ3v) is 6.75. The molecular weight excluding hydrogens is 464 g/mol. The van der Waals surface area contributed by atoms with Gasteiger partial charge in [0.15, 0.2) is 17.3 Å². The average molecular weight is 493 g/mol. The maximum absolute atomic E-state index is 13.8. The molecule has 2 aromatic carbocycles. The van der Waals surface area contributed by atoms with Gasteiger partial charge in [-0.2, -0.15) is 10.1 Å². The number of anilines is 1. The van der Waals surface area contributed by atoms with Crippen LogP contribution in [0.2, 0.25) is 0 Å². The molecule has 5 rings (SSSR count). The van der Waals surface area contributed by atoms with Crippen LogP contribution in [-0.4, -0.2) is 56.1 Å². The number of rotatable bonds is 7. The van der Waals surface area contributed by atoms with E-state index in [2.05, 4.69) is 15.4 Å². The van der Waals surface area contributed by atoms with Crippen molar-refractivity contribution in [3.8, 4) is 28.7 Å². The molecule has 0 amide bonds. The molecule has 10 nitrogen and oxygen atoms in total. The fourth-order valence-corrected chi connectivity index (χ4v) is 5.07. The zero-order chi connectivity index (χ0) is 25.4. The molecule has 2 heterocycles. The quantitative estimate of drug-likeness (QED) is 0.528. The van der Waals surface area contributed by atoms with E-state index in [1.54, 1.807) is 40.2 Å². The lowest BCUT2D eigenvalue weighted by Crippen LogP contribution is -2.33. The smallest absolute Gasteiger partial charge is 0.226 e. The normalized spacial score (nSPS) is 18.6. The van der Waals surface area contributed by atoms with Gasteiger partial charge < -0.3 is 29.0 Å². The number of allylic oxidation sites excluding steroid dienone is 2. The maximum Gasteiger partial charge on any atom is 0.226 e. The largest absolute Gasteiger partial charge is 0.497 e. The van der Waals surface area contributed by atoms with Crippen LogP contribution in [0.5, 0.6) is 28.7 Å². The van der Waals surface area contributed by atoms with Crippen molar-refractivity contribution in [2.75, 3.05) is 40.9 Å². The molecule has 188 valence electrons. The standard InChI is InChI=1S/C26H28N4O6/c1-32-16-6-7-20(33-2)17(12-16)24-23-18(29-26-27-13-28-30(24)26)8-14(9-19(23)31)15-10-21(34-3)25(36-5)22(11-15)35-4/h6-7,10-14,24H,8-9H2,1-5H3,(H,27,28,29)/t14-,24+/m0/s1. The van der Waals surface area contributed by atoms with Gasteiger partial charge in [0, 0.05) is 23.3 Å². The summed E-state index contributed by atoms with van der Waals surface area (Å²) in [5.41, 5.74) is 3.15. The van der Waals surface area contributed by atoms with E-state index in [1.165, 1.54) is 6.33 Å². The molecule has 0 radical (unpaired) electrons. The van der Waals surface area contributed by atoms with Crippen LogP contribution in [0.1, 0.15) is 35.9 Å². The van der Waals surface area contributed by atoms with E-state index in [1.807, 2.05) is 30.3 Å². The third-order valence-electron chi connectivity index (χ3n) is 6.75. The van der Waals surface area contributed by atoms with Crippen molar-refractivity contribution in [2.45, 2.75) is 24.8 Å². The van der Waals surface area contributed by atoms with Crippen molar-refractivity contribution >= 4 is 11.7 Å². The highest BCUT2D eigenvalue weighted by molar-refractivity contribution is 6.00. The molecule has 1 aromatic heterocycles. The van der Waals surface area contributed by atoms with Gasteiger partial charge in [0.1, 0.15) is 23.9 Å². The molecule has 0 fully saturated rings. The summed E-state index contributed by atoms with van der Waals surface area (Å²) in [6.07, 6.45) is 2.38. The number of Topliss-reactive ketones (excluding diaryl/α,β-unsaturated/α-hetero) is 1. The number of nitrogens with one attached hydrogen (secondary N) is 1. The lowest BCUT2D eigenvalue weighted by atomic mass is 9.77. The second kappa shape index (κ2) is 9.44. The fourth-order valence-electron chi connectivity index (χ4n) is 5.07. The molecular formula is C26H28N4O6. The number of benzene rings is 2. The number of hydrogen-bond donors (Lipinski definition) is 1. The summed E-state index contributed by atoms with van der Waals surface area (Å²) in [6.45, 7) is 0. The van der Waals surface area contributed by atoms with E-state index < -0.39 is 6.04 Å². The van der Waals surface area contributed by atoms with Crippen LogP contribution in [0.3, 0.4) is 0 Å². The van der Waals surface area contributed by atoms with E-state index in [0.717, 1.165) is 16.8 Å². The lowest BCUT2D eigenvalue weighted by molar-refractivity contribution is -0.116. The summed E-state index contributed by atoms with van der Waals surface area (Å²) in [5.74, 6) is 3.38. The number of nitrogens with zero attached hydrogens (tertiary/aromatic N) is 3. The van der Waals surface area contributed by atoms with Gasteiger partial charge >= 0.3 is 0 Å². The predicted molar refractivity (Wildman–Crippen MR) is 131 cm³/mol. The average Bonchev–Trinajstić information content (AvgIpc) is 3.38. The molecule has 0 unspecified atom stereocenters. The van der Waals surface area contributed by atoms with Gasteiger partial charge in [0.25, 0.3) is 0 Å². The van der Waals surface area contributed by atoms with Crippen LogP contribution >= 0.6 is 0 Å². The first-order chi connectivity index (χ1) is 17.5. The number of methoxy groups -OCH3 is 5. The van der Waals surface area contributed by atoms with E-state index >= 15 is 0 Å².